The first-order chi connectivity index (χ1) is 7.79. The van der Waals surface area contributed by atoms with E-state index >= 15 is 0 Å². The van der Waals surface area contributed by atoms with Gasteiger partial charge in [-0.2, -0.15) is 11.8 Å². The molecule has 0 aromatic heterocycles. The smallest absolute Gasteiger partial charge is 0.326 e. The molecule has 0 saturated heterocycles. The number of carbonyl (C=O) groups excluding carboxylic acids is 1. The van der Waals surface area contributed by atoms with Gasteiger partial charge in [-0.15, -0.1) is 0 Å². The van der Waals surface area contributed by atoms with Crippen LogP contribution in [0.3, 0.4) is 0 Å². The maximum Gasteiger partial charge on any atom is 0.326 e. The second-order valence-corrected chi connectivity index (χ2v) is 6.22. The standard InChI is InChI=1S/C12H23NO3S/c1-5-6-7-17-8-9(14)13-10(11(15)16)12(2,3)4/h10H,5-8H2,1-4H3,(H,13,14)(H,15,16)/t10-/m0/s1. The molecule has 0 bridgehead atoms. The SMILES string of the molecule is CCCCSCC(=O)N[C@@H](C(=O)O)C(C)(C)C. The largest absolute Gasteiger partial charge is 0.480 e. The predicted octanol–water partition coefficient (Wildman–Crippen LogP) is 2.14. The third-order valence-electron chi connectivity index (χ3n) is 2.29. The minimum atomic E-state index is -0.982. The van der Waals surface area contributed by atoms with Gasteiger partial charge in [0, 0.05) is 0 Å². The number of aliphatic carboxylic acids is 1. The minimum Gasteiger partial charge on any atom is -0.480 e. The molecule has 0 rings (SSSR count). The van der Waals surface area contributed by atoms with Gasteiger partial charge in [0.1, 0.15) is 6.04 Å². The monoisotopic (exact) mass is 261 g/mol. The number of amides is 1. The van der Waals surface area contributed by atoms with Crippen molar-refractivity contribution in [3.05, 3.63) is 0 Å². The highest BCUT2D eigenvalue weighted by Gasteiger charge is 2.32. The number of hydrogen-bond acceptors (Lipinski definition) is 3. The summed E-state index contributed by atoms with van der Waals surface area (Å²) >= 11 is 1.55. The van der Waals surface area contributed by atoms with Crippen LogP contribution < -0.4 is 5.32 Å². The predicted molar refractivity (Wildman–Crippen MR) is 71.3 cm³/mol. The summed E-state index contributed by atoms with van der Waals surface area (Å²) in [6.07, 6.45) is 2.19. The van der Waals surface area contributed by atoms with Gasteiger partial charge >= 0.3 is 5.97 Å². The number of nitrogens with one attached hydrogen (secondary N) is 1. The Morgan fingerprint density at radius 2 is 1.94 bits per heavy atom. The van der Waals surface area contributed by atoms with E-state index in [1.165, 1.54) is 0 Å². The molecule has 4 nitrogen and oxygen atoms in total. The van der Waals surface area contributed by atoms with Gasteiger partial charge in [0.25, 0.3) is 0 Å². The highest BCUT2D eigenvalue weighted by molar-refractivity contribution is 7.99. The zero-order valence-corrected chi connectivity index (χ0v) is 11.9. The van der Waals surface area contributed by atoms with Gasteiger partial charge in [0.05, 0.1) is 5.75 Å². The fourth-order valence-electron chi connectivity index (χ4n) is 1.26. The van der Waals surface area contributed by atoms with E-state index in [0.717, 1.165) is 18.6 Å². The third-order valence-corrected chi connectivity index (χ3v) is 3.34. The maximum absolute atomic E-state index is 11.6. The van der Waals surface area contributed by atoms with Crippen LogP contribution in [0.25, 0.3) is 0 Å². The molecule has 1 atom stereocenters. The van der Waals surface area contributed by atoms with Crippen molar-refractivity contribution in [2.24, 2.45) is 5.41 Å². The van der Waals surface area contributed by atoms with Crippen LogP contribution >= 0.6 is 11.8 Å². The first-order valence-electron chi connectivity index (χ1n) is 5.89. The Labute approximate surface area is 108 Å². The van der Waals surface area contributed by atoms with Crippen molar-refractivity contribution in [3.8, 4) is 0 Å². The summed E-state index contributed by atoms with van der Waals surface area (Å²) in [5, 5.41) is 11.6. The van der Waals surface area contributed by atoms with Crippen LogP contribution in [-0.2, 0) is 9.59 Å². The summed E-state index contributed by atoms with van der Waals surface area (Å²) in [7, 11) is 0. The molecule has 0 saturated carbocycles. The summed E-state index contributed by atoms with van der Waals surface area (Å²) < 4.78 is 0. The molecule has 2 N–H and O–H groups in total. The Hall–Kier alpha value is -0.710. The molecular weight excluding hydrogens is 238 g/mol. The van der Waals surface area contributed by atoms with Crippen LogP contribution in [-0.4, -0.2) is 34.5 Å². The Kier molecular flexibility index (Phi) is 7.27. The van der Waals surface area contributed by atoms with Crippen molar-refractivity contribution >= 4 is 23.6 Å². The molecule has 0 heterocycles. The van der Waals surface area contributed by atoms with E-state index in [9.17, 15) is 9.59 Å². The van der Waals surface area contributed by atoms with E-state index in [4.69, 9.17) is 5.11 Å². The molecule has 0 unspecified atom stereocenters. The third kappa shape index (κ3) is 7.26. The molecule has 0 radical (unpaired) electrons. The zero-order chi connectivity index (χ0) is 13.5. The molecule has 0 aromatic rings. The molecule has 0 aromatic carbocycles. The molecule has 0 aliphatic carbocycles. The number of unbranched alkanes of at least 4 members (excludes halogenated alkanes) is 1. The molecule has 0 fully saturated rings. The van der Waals surface area contributed by atoms with E-state index in [0.29, 0.717) is 5.75 Å². The number of carboxylic acid groups (broad SMARTS) is 1. The van der Waals surface area contributed by atoms with Crippen LogP contribution in [0.5, 0.6) is 0 Å². The van der Waals surface area contributed by atoms with Crippen molar-refractivity contribution in [1.29, 1.82) is 0 Å². The molecule has 5 heteroatoms. The van der Waals surface area contributed by atoms with Crippen molar-refractivity contribution < 1.29 is 14.7 Å². The van der Waals surface area contributed by atoms with Gasteiger partial charge in [-0.05, 0) is 17.6 Å². The van der Waals surface area contributed by atoms with Crippen LogP contribution in [0.15, 0.2) is 0 Å². The highest BCUT2D eigenvalue weighted by Crippen LogP contribution is 2.19. The number of carbonyl (C=O) groups is 2. The summed E-state index contributed by atoms with van der Waals surface area (Å²) in [5.74, 6) is 0.0923. The van der Waals surface area contributed by atoms with Crippen molar-refractivity contribution in [2.45, 2.75) is 46.6 Å². The molecule has 0 aliphatic rings. The van der Waals surface area contributed by atoms with Gasteiger partial charge in [-0.25, -0.2) is 4.79 Å². The lowest BCUT2D eigenvalue weighted by molar-refractivity contribution is -0.144. The van der Waals surface area contributed by atoms with Gasteiger partial charge in [-0.3, -0.25) is 4.79 Å². The summed E-state index contributed by atoms with van der Waals surface area (Å²) in [5.41, 5.74) is -0.477. The Balaban J connectivity index is 4.11. The molecular formula is C12H23NO3S. The highest BCUT2D eigenvalue weighted by atomic mass is 32.2. The van der Waals surface area contributed by atoms with Gasteiger partial charge in [0.2, 0.25) is 5.91 Å². The van der Waals surface area contributed by atoms with Gasteiger partial charge in [-0.1, -0.05) is 34.1 Å². The normalized spacial score (nSPS) is 13.2. The molecule has 17 heavy (non-hydrogen) atoms. The maximum atomic E-state index is 11.6. The van der Waals surface area contributed by atoms with E-state index in [1.807, 2.05) is 0 Å². The van der Waals surface area contributed by atoms with E-state index < -0.39 is 17.4 Å². The van der Waals surface area contributed by atoms with Crippen molar-refractivity contribution in [2.75, 3.05) is 11.5 Å². The van der Waals surface area contributed by atoms with Gasteiger partial charge in [0.15, 0.2) is 0 Å². The zero-order valence-electron chi connectivity index (χ0n) is 11.1. The molecule has 0 aliphatic heterocycles. The molecule has 100 valence electrons. The van der Waals surface area contributed by atoms with Crippen molar-refractivity contribution in [3.63, 3.8) is 0 Å². The number of hydrogen-bond donors (Lipinski definition) is 2. The lowest BCUT2D eigenvalue weighted by Crippen LogP contribution is -2.49. The first kappa shape index (κ1) is 16.3. The summed E-state index contributed by atoms with van der Waals surface area (Å²) in [6, 6.07) is -0.832. The number of thioether (sulfide) groups is 1. The second kappa shape index (κ2) is 7.58. The quantitative estimate of drug-likeness (QED) is 0.689. The number of rotatable bonds is 7. The second-order valence-electron chi connectivity index (χ2n) is 5.11. The minimum absolute atomic E-state index is 0.201. The Bertz CT molecular complexity index is 261. The average Bonchev–Trinajstić information content (AvgIpc) is 2.19. The van der Waals surface area contributed by atoms with E-state index in [1.54, 1.807) is 32.5 Å². The van der Waals surface area contributed by atoms with Crippen LogP contribution in [0, 0.1) is 5.41 Å². The van der Waals surface area contributed by atoms with Crippen LogP contribution in [0.2, 0.25) is 0 Å². The lowest BCUT2D eigenvalue weighted by atomic mass is 9.87. The number of carboxylic acids is 1. The van der Waals surface area contributed by atoms with E-state index in [2.05, 4.69) is 12.2 Å². The Morgan fingerprint density at radius 3 is 2.35 bits per heavy atom. The topological polar surface area (TPSA) is 66.4 Å². The summed E-state index contributed by atoms with van der Waals surface area (Å²) in [6.45, 7) is 7.50. The van der Waals surface area contributed by atoms with Crippen molar-refractivity contribution in [1.82, 2.24) is 5.32 Å². The summed E-state index contributed by atoms with van der Waals surface area (Å²) in [4.78, 5) is 22.6. The Morgan fingerprint density at radius 1 is 1.35 bits per heavy atom. The molecule has 0 spiro atoms. The first-order valence-corrected chi connectivity index (χ1v) is 7.04. The fraction of sp³-hybridized carbons (Fsp3) is 0.833. The molecule has 1 amide bonds. The lowest BCUT2D eigenvalue weighted by Gasteiger charge is -2.27. The van der Waals surface area contributed by atoms with Crippen LogP contribution in [0.4, 0.5) is 0 Å². The van der Waals surface area contributed by atoms with E-state index in [-0.39, 0.29) is 5.91 Å². The fourth-order valence-corrected chi connectivity index (χ4v) is 2.17. The van der Waals surface area contributed by atoms with Gasteiger partial charge < -0.3 is 10.4 Å². The average molecular weight is 261 g/mol. The van der Waals surface area contributed by atoms with Crippen LogP contribution in [0.1, 0.15) is 40.5 Å².